The van der Waals surface area contributed by atoms with Gasteiger partial charge in [0.1, 0.15) is 0 Å². The Labute approximate surface area is 83.7 Å². The van der Waals surface area contributed by atoms with Crippen molar-refractivity contribution in [2.45, 2.75) is 20.3 Å². The van der Waals surface area contributed by atoms with Crippen molar-refractivity contribution in [1.29, 1.82) is 5.41 Å². The molecule has 0 aliphatic carbocycles. The van der Waals surface area contributed by atoms with Crippen molar-refractivity contribution in [3.05, 3.63) is 29.8 Å². The molecular weight excluding hydrogens is 176 g/mol. The Morgan fingerprint density at radius 3 is 2.36 bits per heavy atom. The second-order valence-electron chi connectivity index (χ2n) is 3.09. The fourth-order valence-electron chi connectivity index (χ4n) is 1.16. The third kappa shape index (κ3) is 2.69. The highest BCUT2D eigenvalue weighted by molar-refractivity contribution is 5.98. The molecule has 74 valence electrons. The molecule has 0 spiro atoms. The van der Waals surface area contributed by atoms with Crippen molar-refractivity contribution in [1.82, 2.24) is 0 Å². The van der Waals surface area contributed by atoms with E-state index in [9.17, 15) is 4.79 Å². The van der Waals surface area contributed by atoms with Crippen LogP contribution in [0.2, 0.25) is 0 Å². The standard InChI is InChI=1S/C11H14N2O/c1-3-11(12)9-4-6-10(7-5-9)13-8(2)14/h4-7,12H,3H2,1-2H3,(H,13,14). The zero-order valence-corrected chi connectivity index (χ0v) is 8.42. The largest absolute Gasteiger partial charge is 0.326 e. The molecule has 0 saturated carbocycles. The van der Waals surface area contributed by atoms with E-state index in [1.165, 1.54) is 6.92 Å². The molecule has 14 heavy (non-hydrogen) atoms. The van der Waals surface area contributed by atoms with E-state index in [2.05, 4.69) is 5.32 Å². The fourth-order valence-corrected chi connectivity index (χ4v) is 1.16. The van der Waals surface area contributed by atoms with Gasteiger partial charge in [-0.25, -0.2) is 0 Å². The molecule has 0 saturated heterocycles. The van der Waals surface area contributed by atoms with Crippen LogP contribution in [-0.4, -0.2) is 11.6 Å². The van der Waals surface area contributed by atoms with Crippen LogP contribution in [0.3, 0.4) is 0 Å². The minimum atomic E-state index is -0.0803. The Hall–Kier alpha value is -1.64. The first-order chi connectivity index (χ1) is 6.63. The van der Waals surface area contributed by atoms with Crippen LogP contribution in [0.5, 0.6) is 0 Å². The molecule has 0 aromatic heterocycles. The van der Waals surface area contributed by atoms with Gasteiger partial charge in [0.05, 0.1) is 0 Å². The number of carbonyl (C=O) groups excluding carboxylic acids is 1. The van der Waals surface area contributed by atoms with Gasteiger partial charge in [-0.2, -0.15) is 0 Å². The molecule has 0 unspecified atom stereocenters. The van der Waals surface area contributed by atoms with E-state index < -0.39 is 0 Å². The highest BCUT2D eigenvalue weighted by Crippen LogP contribution is 2.10. The van der Waals surface area contributed by atoms with Crippen molar-refractivity contribution in [2.24, 2.45) is 0 Å². The fraction of sp³-hybridized carbons (Fsp3) is 0.273. The first kappa shape index (κ1) is 10.4. The number of carbonyl (C=O) groups is 1. The second kappa shape index (κ2) is 4.56. The minimum Gasteiger partial charge on any atom is -0.326 e. The SMILES string of the molecule is CCC(=N)c1ccc(NC(C)=O)cc1. The molecule has 1 aromatic rings. The summed E-state index contributed by atoms with van der Waals surface area (Å²) in [5.41, 5.74) is 2.28. The van der Waals surface area contributed by atoms with Gasteiger partial charge in [0.2, 0.25) is 5.91 Å². The zero-order valence-electron chi connectivity index (χ0n) is 8.42. The first-order valence-corrected chi connectivity index (χ1v) is 4.59. The number of anilines is 1. The van der Waals surface area contributed by atoms with Crippen molar-refractivity contribution in [3.8, 4) is 0 Å². The van der Waals surface area contributed by atoms with Crippen LogP contribution in [0.25, 0.3) is 0 Å². The molecule has 0 atom stereocenters. The van der Waals surface area contributed by atoms with E-state index in [4.69, 9.17) is 5.41 Å². The molecule has 0 heterocycles. The smallest absolute Gasteiger partial charge is 0.221 e. The molecule has 0 bridgehead atoms. The number of benzene rings is 1. The molecule has 0 radical (unpaired) electrons. The lowest BCUT2D eigenvalue weighted by molar-refractivity contribution is -0.114. The summed E-state index contributed by atoms with van der Waals surface area (Å²) in [4.78, 5) is 10.7. The predicted octanol–water partition coefficient (Wildman–Crippen LogP) is 2.42. The third-order valence-corrected chi connectivity index (χ3v) is 1.91. The summed E-state index contributed by atoms with van der Waals surface area (Å²) >= 11 is 0. The summed E-state index contributed by atoms with van der Waals surface area (Å²) in [6.07, 6.45) is 0.722. The minimum absolute atomic E-state index is 0.0803. The maximum atomic E-state index is 10.7. The van der Waals surface area contributed by atoms with E-state index in [0.29, 0.717) is 5.71 Å². The average Bonchev–Trinajstić information content (AvgIpc) is 2.17. The van der Waals surface area contributed by atoms with E-state index in [1.807, 2.05) is 19.1 Å². The molecule has 1 rings (SSSR count). The monoisotopic (exact) mass is 190 g/mol. The zero-order chi connectivity index (χ0) is 10.6. The lowest BCUT2D eigenvalue weighted by atomic mass is 10.1. The van der Waals surface area contributed by atoms with Gasteiger partial charge in [-0.3, -0.25) is 4.79 Å². The molecular formula is C11H14N2O. The van der Waals surface area contributed by atoms with Gasteiger partial charge in [-0.05, 0) is 24.1 Å². The summed E-state index contributed by atoms with van der Waals surface area (Å²) < 4.78 is 0. The van der Waals surface area contributed by atoms with Crippen LogP contribution >= 0.6 is 0 Å². The highest BCUT2D eigenvalue weighted by Gasteiger charge is 1.99. The summed E-state index contributed by atoms with van der Waals surface area (Å²) in [7, 11) is 0. The number of hydrogen-bond acceptors (Lipinski definition) is 2. The van der Waals surface area contributed by atoms with Gasteiger partial charge in [-0.1, -0.05) is 19.1 Å². The highest BCUT2D eigenvalue weighted by atomic mass is 16.1. The molecule has 2 N–H and O–H groups in total. The lowest BCUT2D eigenvalue weighted by Crippen LogP contribution is -2.06. The second-order valence-corrected chi connectivity index (χ2v) is 3.09. The van der Waals surface area contributed by atoms with Gasteiger partial charge in [0.25, 0.3) is 0 Å². The van der Waals surface area contributed by atoms with Crippen LogP contribution in [0.15, 0.2) is 24.3 Å². The summed E-state index contributed by atoms with van der Waals surface area (Å²) in [5.74, 6) is -0.0803. The van der Waals surface area contributed by atoms with E-state index in [-0.39, 0.29) is 5.91 Å². The Morgan fingerprint density at radius 1 is 1.36 bits per heavy atom. The summed E-state index contributed by atoms with van der Waals surface area (Å²) in [5, 5.41) is 10.3. The maximum Gasteiger partial charge on any atom is 0.221 e. The van der Waals surface area contributed by atoms with Crippen molar-refractivity contribution in [3.63, 3.8) is 0 Å². The van der Waals surface area contributed by atoms with Crippen LogP contribution in [-0.2, 0) is 4.79 Å². The van der Waals surface area contributed by atoms with Gasteiger partial charge in [-0.15, -0.1) is 0 Å². The summed E-state index contributed by atoms with van der Waals surface area (Å²) in [6.45, 7) is 3.42. The Morgan fingerprint density at radius 2 is 1.93 bits per heavy atom. The van der Waals surface area contributed by atoms with Crippen LogP contribution in [0, 0.1) is 5.41 Å². The van der Waals surface area contributed by atoms with Gasteiger partial charge < -0.3 is 10.7 Å². The predicted molar refractivity (Wildman–Crippen MR) is 57.9 cm³/mol. The molecule has 1 amide bonds. The van der Waals surface area contributed by atoms with E-state index >= 15 is 0 Å². The van der Waals surface area contributed by atoms with Crippen molar-refractivity contribution >= 4 is 17.3 Å². The number of nitrogens with one attached hydrogen (secondary N) is 2. The average molecular weight is 190 g/mol. The van der Waals surface area contributed by atoms with Crippen LogP contribution < -0.4 is 5.32 Å². The first-order valence-electron chi connectivity index (χ1n) is 4.59. The quantitative estimate of drug-likeness (QED) is 0.706. The Kier molecular flexibility index (Phi) is 3.40. The third-order valence-electron chi connectivity index (χ3n) is 1.91. The molecule has 0 aliphatic heterocycles. The molecule has 0 fully saturated rings. The topological polar surface area (TPSA) is 53.0 Å². The van der Waals surface area contributed by atoms with Crippen LogP contribution in [0.4, 0.5) is 5.69 Å². The van der Waals surface area contributed by atoms with E-state index in [1.54, 1.807) is 12.1 Å². The lowest BCUT2D eigenvalue weighted by Gasteiger charge is -2.04. The maximum absolute atomic E-state index is 10.7. The van der Waals surface area contributed by atoms with Crippen molar-refractivity contribution in [2.75, 3.05) is 5.32 Å². The molecule has 3 nitrogen and oxygen atoms in total. The number of rotatable bonds is 3. The Bertz CT molecular complexity index is 341. The van der Waals surface area contributed by atoms with Crippen LogP contribution in [0.1, 0.15) is 25.8 Å². The molecule has 1 aromatic carbocycles. The van der Waals surface area contributed by atoms with Gasteiger partial charge >= 0.3 is 0 Å². The normalized spacial score (nSPS) is 9.57. The number of amides is 1. The van der Waals surface area contributed by atoms with Gasteiger partial charge in [0.15, 0.2) is 0 Å². The number of hydrogen-bond donors (Lipinski definition) is 2. The van der Waals surface area contributed by atoms with Crippen molar-refractivity contribution < 1.29 is 4.79 Å². The van der Waals surface area contributed by atoms with E-state index in [0.717, 1.165) is 17.7 Å². The van der Waals surface area contributed by atoms with Gasteiger partial charge in [0, 0.05) is 18.3 Å². The molecule has 3 heteroatoms. The molecule has 0 aliphatic rings. The summed E-state index contributed by atoms with van der Waals surface area (Å²) in [6, 6.07) is 7.30. The Balaban J connectivity index is 2.78.